The van der Waals surface area contributed by atoms with Crippen LogP contribution in [-0.4, -0.2) is 11.9 Å². The van der Waals surface area contributed by atoms with E-state index < -0.39 is 0 Å². The molecule has 2 rings (SSSR count). The molecule has 4 heteroatoms. The lowest BCUT2D eigenvalue weighted by Crippen LogP contribution is -2.19. The van der Waals surface area contributed by atoms with Gasteiger partial charge in [-0.15, -0.1) is 0 Å². The average molecular weight is 279 g/mol. The second kappa shape index (κ2) is 6.04. The molecular formula is C15H16ClFN2. The normalized spacial score (nSPS) is 10.9. The van der Waals surface area contributed by atoms with Gasteiger partial charge in [0.2, 0.25) is 0 Å². The molecule has 0 saturated heterocycles. The maximum atomic E-state index is 13.7. The van der Waals surface area contributed by atoms with Gasteiger partial charge in [0.25, 0.3) is 0 Å². The van der Waals surface area contributed by atoms with Crippen LogP contribution >= 0.6 is 11.6 Å². The quantitative estimate of drug-likeness (QED) is 0.864. The number of hydrogen-bond donors (Lipinski definition) is 1. The van der Waals surface area contributed by atoms with Gasteiger partial charge in [0.1, 0.15) is 5.82 Å². The largest absolute Gasteiger partial charge is 0.398 e. The minimum absolute atomic E-state index is 0.266. The molecule has 2 N–H and O–H groups in total. The van der Waals surface area contributed by atoms with Crippen molar-refractivity contribution in [1.82, 2.24) is 4.90 Å². The first-order valence-corrected chi connectivity index (χ1v) is 6.40. The Bertz CT molecular complexity index is 552. The van der Waals surface area contributed by atoms with Gasteiger partial charge in [-0.25, -0.2) is 4.39 Å². The number of nitrogens with two attached hydrogens (primary N) is 1. The fraction of sp³-hybridized carbons (Fsp3) is 0.200. The van der Waals surface area contributed by atoms with Gasteiger partial charge in [-0.1, -0.05) is 29.8 Å². The molecule has 0 unspecified atom stereocenters. The van der Waals surface area contributed by atoms with Crippen molar-refractivity contribution in [1.29, 1.82) is 0 Å². The number of nitrogen functional groups attached to an aromatic ring is 1. The summed E-state index contributed by atoms with van der Waals surface area (Å²) in [6.07, 6.45) is 0. The number of halogens is 2. The number of rotatable bonds is 4. The number of anilines is 1. The zero-order valence-corrected chi connectivity index (χ0v) is 11.5. The Labute approximate surface area is 117 Å². The van der Waals surface area contributed by atoms with Crippen LogP contribution in [0.5, 0.6) is 0 Å². The Balaban J connectivity index is 2.07. The minimum atomic E-state index is -0.266. The Morgan fingerprint density at radius 1 is 1.16 bits per heavy atom. The van der Waals surface area contributed by atoms with Gasteiger partial charge in [-0.05, 0) is 36.9 Å². The average Bonchev–Trinajstić information content (AvgIpc) is 2.34. The summed E-state index contributed by atoms with van der Waals surface area (Å²) in [5.41, 5.74) is 7.91. The Hall–Kier alpha value is -1.58. The van der Waals surface area contributed by atoms with Crippen molar-refractivity contribution in [2.24, 2.45) is 0 Å². The molecule has 19 heavy (non-hydrogen) atoms. The molecule has 0 heterocycles. The van der Waals surface area contributed by atoms with Gasteiger partial charge in [-0.2, -0.15) is 0 Å². The van der Waals surface area contributed by atoms with E-state index in [1.54, 1.807) is 12.1 Å². The maximum Gasteiger partial charge on any atom is 0.129 e. The van der Waals surface area contributed by atoms with E-state index >= 15 is 0 Å². The molecule has 0 spiro atoms. The minimum Gasteiger partial charge on any atom is -0.398 e. The lowest BCUT2D eigenvalue weighted by atomic mass is 10.1. The smallest absolute Gasteiger partial charge is 0.129 e. The molecule has 0 fully saturated rings. The van der Waals surface area contributed by atoms with E-state index in [2.05, 4.69) is 0 Å². The van der Waals surface area contributed by atoms with Crippen LogP contribution in [0.15, 0.2) is 42.5 Å². The molecular weight excluding hydrogens is 263 g/mol. The maximum absolute atomic E-state index is 13.7. The fourth-order valence-electron chi connectivity index (χ4n) is 2.01. The van der Waals surface area contributed by atoms with E-state index in [0.717, 1.165) is 5.56 Å². The SMILES string of the molecule is CN(Cc1cccc(Cl)c1)Cc1c(N)cccc1F. The number of benzene rings is 2. The summed E-state index contributed by atoms with van der Waals surface area (Å²) in [6.45, 7) is 1.15. The first kappa shape index (κ1) is 13.8. The third kappa shape index (κ3) is 3.69. The van der Waals surface area contributed by atoms with Crippen molar-refractivity contribution in [2.45, 2.75) is 13.1 Å². The highest BCUT2D eigenvalue weighted by Crippen LogP contribution is 2.19. The van der Waals surface area contributed by atoms with Crippen LogP contribution in [0.2, 0.25) is 5.02 Å². The van der Waals surface area contributed by atoms with Crippen molar-refractivity contribution in [3.63, 3.8) is 0 Å². The highest BCUT2D eigenvalue weighted by Gasteiger charge is 2.09. The highest BCUT2D eigenvalue weighted by molar-refractivity contribution is 6.30. The van der Waals surface area contributed by atoms with Crippen LogP contribution in [0.4, 0.5) is 10.1 Å². The van der Waals surface area contributed by atoms with Gasteiger partial charge in [-0.3, -0.25) is 4.90 Å². The fourth-order valence-corrected chi connectivity index (χ4v) is 2.23. The predicted octanol–water partition coefficient (Wildman–Crippen LogP) is 3.69. The summed E-state index contributed by atoms with van der Waals surface area (Å²) < 4.78 is 13.7. The highest BCUT2D eigenvalue weighted by atomic mass is 35.5. The summed E-state index contributed by atoms with van der Waals surface area (Å²) in [5, 5.41) is 0.705. The second-order valence-electron chi connectivity index (χ2n) is 4.61. The Kier molecular flexibility index (Phi) is 4.40. The van der Waals surface area contributed by atoms with E-state index in [0.29, 0.717) is 29.4 Å². The summed E-state index contributed by atoms with van der Waals surface area (Å²) >= 11 is 5.94. The van der Waals surface area contributed by atoms with E-state index in [1.165, 1.54) is 6.07 Å². The first-order chi connectivity index (χ1) is 9.06. The monoisotopic (exact) mass is 278 g/mol. The number of nitrogens with zero attached hydrogens (tertiary/aromatic N) is 1. The summed E-state index contributed by atoms with van der Waals surface area (Å²) in [4.78, 5) is 2.00. The molecule has 0 aliphatic heterocycles. The zero-order chi connectivity index (χ0) is 13.8. The summed E-state index contributed by atoms with van der Waals surface area (Å²) in [6, 6.07) is 12.4. The molecule has 0 aliphatic rings. The van der Waals surface area contributed by atoms with Crippen molar-refractivity contribution in [2.75, 3.05) is 12.8 Å². The third-order valence-corrected chi connectivity index (χ3v) is 3.16. The lowest BCUT2D eigenvalue weighted by molar-refractivity contribution is 0.314. The van der Waals surface area contributed by atoms with Gasteiger partial charge in [0.15, 0.2) is 0 Å². The summed E-state index contributed by atoms with van der Waals surface area (Å²) in [5.74, 6) is -0.266. The zero-order valence-electron chi connectivity index (χ0n) is 10.7. The van der Waals surface area contributed by atoms with Crippen molar-refractivity contribution in [3.8, 4) is 0 Å². The molecule has 0 radical (unpaired) electrons. The van der Waals surface area contributed by atoms with Crippen LogP contribution in [0, 0.1) is 5.82 Å². The van der Waals surface area contributed by atoms with Crippen molar-refractivity contribution in [3.05, 3.63) is 64.4 Å². The van der Waals surface area contributed by atoms with Crippen molar-refractivity contribution >= 4 is 17.3 Å². The molecule has 0 saturated carbocycles. The van der Waals surface area contributed by atoms with E-state index in [1.807, 2.05) is 36.2 Å². The standard InChI is InChI=1S/C15H16ClFN2/c1-19(9-11-4-2-5-12(16)8-11)10-13-14(17)6-3-7-15(13)18/h2-8H,9-10,18H2,1H3. The Morgan fingerprint density at radius 3 is 2.58 bits per heavy atom. The molecule has 0 atom stereocenters. The predicted molar refractivity (Wildman–Crippen MR) is 77.4 cm³/mol. The molecule has 0 aliphatic carbocycles. The topological polar surface area (TPSA) is 29.3 Å². The van der Waals surface area contributed by atoms with Crippen LogP contribution in [0.1, 0.15) is 11.1 Å². The van der Waals surface area contributed by atoms with Crippen LogP contribution in [0.3, 0.4) is 0 Å². The lowest BCUT2D eigenvalue weighted by Gasteiger charge is -2.18. The number of hydrogen-bond acceptors (Lipinski definition) is 2. The summed E-state index contributed by atoms with van der Waals surface area (Å²) in [7, 11) is 1.92. The van der Waals surface area contributed by atoms with Gasteiger partial charge < -0.3 is 5.73 Å². The molecule has 2 aromatic carbocycles. The molecule has 2 aromatic rings. The second-order valence-corrected chi connectivity index (χ2v) is 5.05. The van der Waals surface area contributed by atoms with Gasteiger partial charge >= 0.3 is 0 Å². The molecule has 2 nitrogen and oxygen atoms in total. The van der Waals surface area contributed by atoms with E-state index in [9.17, 15) is 4.39 Å². The molecule has 100 valence electrons. The third-order valence-electron chi connectivity index (χ3n) is 2.92. The molecule has 0 amide bonds. The van der Waals surface area contributed by atoms with Gasteiger partial charge in [0, 0.05) is 29.4 Å². The van der Waals surface area contributed by atoms with E-state index in [-0.39, 0.29) is 5.82 Å². The molecule has 0 aromatic heterocycles. The first-order valence-electron chi connectivity index (χ1n) is 6.02. The molecule has 0 bridgehead atoms. The van der Waals surface area contributed by atoms with Gasteiger partial charge in [0.05, 0.1) is 0 Å². The van der Waals surface area contributed by atoms with Crippen LogP contribution < -0.4 is 5.73 Å². The van der Waals surface area contributed by atoms with Crippen LogP contribution in [0.25, 0.3) is 0 Å². The van der Waals surface area contributed by atoms with E-state index in [4.69, 9.17) is 17.3 Å². The Morgan fingerprint density at radius 2 is 1.89 bits per heavy atom. The van der Waals surface area contributed by atoms with Crippen molar-refractivity contribution < 1.29 is 4.39 Å². The van der Waals surface area contributed by atoms with Crippen LogP contribution in [-0.2, 0) is 13.1 Å².